The highest BCUT2D eigenvalue weighted by Gasteiger charge is 2.12. The second-order valence-corrected chi connectivity index (χ2v) is 3.98. The maximum absolute atomic E-state index is 10.2. The monoisotopic (exact) mass is 200 g/mol. The molecule has 0 radical (unpaired) electrons. The normalized spacial score (nSPS) is 22.1. The lowest BCUT2D eigenvalue weighted by Gasteiger charge is -2.22. The summed E-state index contributed by atoms with van der Waals surface area (Å²) < 4.78 is 5.59. The van der Waals surface area contributed by atoms with E-state index in [1.54, 1.807) is 0 Å². The van der Waals surface area contributed by atoms with Gasteiger partial charge in [-0.3, -0.25) is 4.79 Å². The molecular formula is C11H20O3. The zero-order valence-corrected chi connectivity index (χ0v) is 8.71. The van der Waals surface area contributed by atoms with E-state index < -0.39 is 5.97 Å². The van der Waals surface area contributed by atoms with Gasteiger partial charge in [0.25, 0.3) is 0 Å². The van der Waals surface area contributed by atoms with Gasteiger partial charge in [-0.15, -0.1) is 0 Å². The van der Waals surface area contributed by atoms with Crippen LogP contribution < -0.4 is 0 Å². The molecule has 0 amide bonds. The van der Waals surface area contributed by atoms with Crippen molar-refractivity contribution in [2.45, 2.75) is 57.5 Å². The van der Waals surface area contributed by atoms with E-state index in [2.05, 4.69) is 0 Å². The fourth-order valence-electron chi connectivity index (χ4n) is 1.86. The van der Waals surface area contributed by atoms with E-state index in [4.69, 9.17) is 9.84 Å². The largest absolute Gasteiger partial charge is 0.481 e. The molecule has 0 aromatic rings. The number of carboxylic acids is 1. The van der Waals surface area contributed by atoms with E-state index in [9.17, 15) is 4.79 Å². The van der Waals surface area contributed by atoms with Gasteiger partial charge in [-0.1, -0.05) is 12.8 Å². The minimum absolute atomic E-state index is 0.311. The summed E-state index contributed by atoms with van der Waals surface area (Å²) >= 11 is 0. The van der Waals surface area contributed by atoms with Crippen molar-refractivity contribution in [3.05, 3.63) is 0 Å². The topological polar surface area (TPSA) is 46.5 Å². The lowest BCUT2D eigenvalue weighted by atomic mass is 10.0. The molecule has 0 saturated carbocycles. The molecule has 0 aliphatic carbocycles. The van der Waals surface area contributed by atoms with Gasteiger partial charge in [0.1, 0.15) is 0 Å². The highest BCUT2D eigenvalue weighted by atomic mass is 16.5. The molecule has 1 atom stereocenters. The fourth-order valence-corrected chi connectivity index (χ4v) is 1.86. The smallest absolute Gasteiger partial charge is 0.303 e. The van der Waals surface area contributed by atoms with Crippen LogP contribution in [-0.4, -0.2) is 23.8 Å². The molecule has 1 unspecified atom stereocenters. The lowest BCUT2D eigenvalue weighted by Crippen LogP contribution is -2.18. The van der Waals surface area contributed by atoms with Crippen molar-refractivity contribution in [3.63, 3.8) is 0 Å². The summed E-state index contributed by atoms with van der Waals surface area (Å²) in [5.74, 6) is -0.682. The predicted molar refractivity (Wildman–Crippen MR) is 54.3 cm³/mol. The number of carboxylic acid groups (broad SMARTS) is 1. The highest BCUT2D eigenvalue weighted by Crippen LogP contribution is 2.18. The fraction of sp³-hybridized carbons (Fsp3) is 0.909. The van der Waals surface area contributed by atoms with Crippen LogP contribution in [0.4, 0.5) is 0 Å². The second kappa shape index (κ2) is 6.82. The Morgan fingerprint density at radius 2 is 2.14 bits per heavy atom. The Morgan fingerprint density at radius 1 is 1.29 bits per heavy atom. The van der Waals surface area contributed by atoms with Gasteiger partial charge in [0.15, 0.2) is 0 Å². The SMILES string of the molecule is O=C(O)CCCCCC1CCCCO1. The molecule has 1 fully saturated rings. The molecular weight excluding hydrogens is 180 g/mol. The highest BCUT2D eigenvalue weighted by molar-refractivity contribution is 5.66. The molecule has 1 aliphatic heterocycles. The summed E-state index contributed by atoms with van der Waals surface area (Å²) in [5, 5.41) is 8.44. The maximum Gasteiger partial charge on any atom is 0.303 e. The van der Waals surface area contributed by atoms with E-state index in [1.807, 2.05) is 0 Å². The van der Waals surface area contributed by atoms with Crippen LogP contribution in [-0.2, 0) is 9.53 Å². The van der Waals surface area contributed by atoms with Crippen LogP contribution in [0.5, 0.6) is 0 Å². The zero-order chi connectivity index (χ0) is 10.2. The van der Waals surface area contributed by atoms with Crippen LogP contribution >= 0.6 is 0 Å². The van der Waals surface area contributed by atoms with Crippen LogP contribution in [0.3, 0.4) is 0 Å². The van der Waals surface area contributed by atoms with Crippen molar-refractivity contribution in [2.24, 2.45) is 0 Å². The Morgan fingerprint density at radius 3 is 2.79 bits per heavy atom. The molecule has 3 heteroatoms. The summed E-state index contributed by atoms with van der Waals surface area (Å²) in [6, 6.07) is 0. The number of rotatable bonds is 6. The maximum atomic E-state index is 10.2. The molecule has 1 saturated heterocycles. The number of aliphatic carboxylic acids is 1. The Labute approximate surface area is 85.5 Å². The van der Waals surface area contributed by atoms with E-state index >= 15 is 0 Å². The molecule has 0 spiro atoms. The number of hydrogen-bond acceptors (Lipinski definition) is 2. The standard InChI is InChI=1S/C11H20O3/c12-11(13)8-3-1-2-6-10-7-4-5-9-14-10/h10H,1-9H2,(H,12,13). The van der Waals surface area contributed by atoms with Crippen molar-refractivity contribution < 1.29 is 14.6 Å². The van der Waals surface area contributed by atoms with Gasteiger partial charge in [-0.25, -0.2) is 0 Å². The quantitative estimate of drug-likeness (QED) is 0.670. The molecule has 0 bridgehead atoms. The van der Waals surface area contributed by atoms with E-state index in [0.29, 0.717) is 12.5 Å². The van der Waals surface area contributed by atoms with Gasteiger partial charge in [-0.2, -0.15) is 0 Å². The van der Waals surface area contributed by atoms with E-state index in [0.717, 1.165) is 32.3 Å². The zero-order valence-electron chi connectivity index (χ0n) is 8.71. The number of unbranched alkanes of at least 4 members (excludes halogenated alkanes) is 2. The van der Waals surface area contributed by atoms with Crippen LogP contribution in [0.25, 0.3) is 0 Å². The molecule has 14 heavy (non-hydrogen) atoms. The van der Waals surface area contributed by atoms with E-state index in [-0.39, 0.29) is 0 Å². The van der Waals surface area contributed by atoms with Crippen molar-refractivity contribution in [2.75, 3.05) is 6.61 Å². The van der Waals surface area contributed by atoms with Gasteiger partial charge in [0.05, 0.1) is 6.10 Å². The molecule has 1 rings (SSSR count). The first-order chi connectivity index (χ1) is 6.79. The molecule has 1 heterocycles. The van der Waals surface area contributed by atoms with Crippen LogP contribution in [0.2, 0.25) is 0 Å². The first-order valence-electron chi connectivity index (χ1n) is 5.62. The minimum atomic E-state index is -0.682. The summed E-state index contributed by atoms with van der Waals surface area (Å²) in [6.45, 7) is 0.916. The second-order valence-electron chi connectivity index (χ2n) is 3.98. The Bertz CT molecular complexity index is 162. The Balaban J connectivity index is 1.90. The summed E-state index contributed by atoms with van der Waals surface area (Å²) in [7, 11) is 0. The molecule has 82 valence electrons. The third-order valence-corrected chi connectivity index (χ3v) is 2.69. The van der Waals surface area contributed by atoms with Crippen molar-refractivity contribution in [1.82, 2.24) is 0 Å². The third kappa shape index (κ3) is 5.22. The summed E-state index contributed by atoms with van der Waals surface area (Å²) in [5.41, 5.74) is 0. The number of ether oxygens (including phenoxy) is 1. The van der Waals surface area contributed by atoms with Crippen molar-refractivity contribution in [3.8, 4) is 0 Å². The lowest BCUT2D eigenvalue weighted by molar-refractivity contribution is -0.137. The predicted octanol–water partition coefficient (Wildman–Crippen LogP) is 2.59. The molecule has 0 aromatic heterocycles. The number of carbonyl (C=O) groups is 1. The first kappa shape index (κ1) is 11.5. The van der Waals surface area contributed by atoms with E-state index in [1.165, 1.54) is 19.3 Å². The van der Waals surface area contributed by atoms with Crippen molar-refractivity contribution in [1.29, 1.82) is 0 Å². The molecule has 3 nitrogen and oxygen atoms in total. The van der Waals surface area contributed by atoms with Gasteiger partial charge < -0.3 is 9.84 Å². The van der Waals surface area contributed by atoms with Gasteiger partial charge in [0.2, 0.25) is 0 Å². The van der Waals surface area contributed by atoms with Crippen LogP contribution in [0.1, 0.15) is 51.4 Å². The Kier molecular flexibility index (Phi) is 5.60. The number of hydrogen-bond donors (Lipinski definition) is 1. The van der Waals surface area contributed by atoms with Gasteiger partial charge >= 0.3 is 5.97 Å². The first-order valence-corrected chi connectivity index (χ1v) is 5.62. The molecule has 1 N–H and O–H groups in total. The van der Waals surface area contributed by atoms with Crippen LogP contribution in [0.15, 0.2) is 0 Å². The third-order valence-electron chi connectivity index (χ3n) is 2.69. The summed E-state index contributed by atoms with van der Waals surface area (Å²) in [6.07, 6.45) is 8.50. The summed E-state index contributed by atoms with van der Waals surface area (Å²) in [4.78, 5) is 10.2. The molecule has 0 aromatic carbocycles. The minimum Gasteiger partial charge on any atom is -0.481 e. The van der Waals surface area contributed by atoms with Crippen LogP contribution in [0, 0.1) is 0 Å². The van der Waals surface area contributed by atoms with Crippen molar-refractivity contribution >= 4 is 5.97 Å². The average Bonchev–Trinajstić information content (AvgIpc) is 2.18. The average molecular weight is 200 g/mol. The Hall–Kier alpha value is -0.570. The molecule has 1 aliphatic rings. The van der Waals surface area contributed by atoms with Gasteiger partial charge in [0, 0.05) is 13.0 Å². The van der Waals surface area contributed by atoms with Gasteiger partial charge in [-0.05, 0) is 32.1 Å².